The van der Waals surface area contributed by atoms with Crippen LogP contribution in [-0.2, 0) is 11.8 Å². The first kappa shape index (κ1) is 22.5. The molecular formula is C21H22Cl2N4O2S. The number of carbonyl (C=O) groups excluding carboxylic acids is 1. The lowest BCUT2D eigenvalue weighted by molar-refractivity contribution is -0.113. The summed E-state index contributed by atoms with van der Waals surface area (Å²) < 4.78 is 7.57. The van der Waals surface area contributed by atoms with Crippen LogP contribution in [0, 0.1) is 5.92 Å². The highest BCUT2D eigenvalue weighted by atomic mass is 35.5. The monoisotopic (exact) mass is 464 g/mol. The number of rotatable bonds is 8. The third kappa shape index (κ3) is 5.68. The Morgan fingerprint density at radius 1 is 1.13 bits per heavy atom. The SMILES string of the molecule is CC(C)COc1ccc(-c2nnc(SCC(=O)Nc3c(Cl)cccc3Cl)n2C)cc1. The van der Waals surface area contributed by atoms with Gasteiger partial charge in [0.15, 0.2) is 11.0 Å². The molecule has 0 aliphatic heterocycles. The molecule has 0 saturated heterocycles. The zero-order chi connectivity index (χ0) is 21.7. The quantitative estimate of drug-likeness (QED) is 0.442. The van der Waals surface area contributed by atoms with Crippen LogP contribution in [0.25, 0.3) is 11.4 Å². The van der Waals surface area contributed by atoms with E-state index in [1.165, 1.54) is 11.8 Å². The third-order valence-electron chi connectivity index (χ3n) is 4.09. The maximum absolute atomic E-state index is 12.3. The molecule has 0 fully saturated rings. The minimum Gasteiger partial charge on any atom is -0.493 e. The number of para-hydroxylation sites is 1. The zero-order valence-electron chi connectivity index (χ0n) is 16.9. The van der Waals surface area contributed by atoms with Crippen LogP contribution < -0.4 is 10.1 Å². The molecule has 30 heavy (non-hydrogen) atoms. The van der Waals surface area contributed by atoms with Gasteiger partial charge in [0.25, 0.3) is 0 Å². The minimum atomic E-state index is -0.230. The van der Waals surface area contributed by atoms with Crippen molar-refractivity contribution in [2.75, 3.05) is 17.7 Å². The summed E-state index contributed by atoms with van der Waals surface area (Å²) in [7, 11) is 1.86. The molecule has 1 N–H and O–H groups in total. The average Bonchev–Trinajstić information content (AvgIpc) is 3.08. The van der Waals surface area contributed by atoms with Crippen molar-refractivity contribution < 1.29 is 9.53 Å². The van der Waals surface area contributed by atoms with Gasteiger partial charge in [0.05, 0.1) is 28.1 Å². The number of halogens is 2. The van der Waals surface area contributed by atoms with Gasteiger partial charge in [0, 0.05) is 12.6 Å². The number of nitrogens with one attached hydrogen (secondary N) is 1. The van der Waals surface area contributed by atoms with Gasteiger partial charge in [-0.25, -0.2) is 0 Å². The van der Waals surface area contributed by atoms with E-state index in [9.17, 15) is 4.79 Å². The van der Waals surface area contributed by atoms with Gasteiger partial charge in [-0.15, -0.1) is 10.2 Å². The highest BCUT2D eigenvalue weighted by Crippen LogP contribution is 2.30. The Morgan fingerprint density at radius 3 is 2.43 bits per heavy atom. The molecule has 1 aromatic heterocycles. The molecule has 3 aromatic rings. The largest absolute Gasteiger partial charge is 0.493 e. The molecule has 6 nitrogen and oxygen atoms in total. The lowest BCUT2D eigenvalue weighted by Crippen LogP contribution is -2.15. The van der Waals surface area contributed by atoms with Gasteiger partial charge < -0.3 is 14.6 Å². The van der Waals surface area contributed by atoms with Gasteiger partial charge in [-0.2, -0.15) is 0 Å². The molecule has 3 rings (SSSR count). The van der Waals surface area contributed by atoms with Crippen molar-refractivity contribution in [2.24, 2.45) is 13.0 Å². The fourth-order valence-corrected chi connectivity index (χ4v) is 3.78. The number of hydrogen-bond donors (Lipinski definition) is 1. The van der Waals surface area contributed by atoms with Crippen LogP contribution in [-0.4, -0.2) is 33.0 Å². The molecule has 2 aromatic carbocycles. The summed E-state index contributed by atoms with van der Waals surface area (Å²) in [6.07, 6.45) is 0. The number of carbonyl (C=O) groups is 1. The molecule has 0 aliphatic carbocycles. The molecule has 0 bridgehead atoms. The smallest absolute Gasteiger partial charge is 0.234 e. The Bertz CT molecular complexity index is 1000. The molecule has 158 valence electrons. The standard InChI is InChI=1S/C21H22Cl2N4O2S/c1-13(2)11-29-15-9-7-14(8-10-15)20-25-26-21(27(20)3)30-12-18(28)24-19-16(22)5-4-6-17(19)23/h4-10,13H,11-12H2,1-3H3,(H,24,28). The van der Waals surface area contributed by atoms with Gasteiger partial charge in [-0.1, -0.05) is 54.9 Å². The summed E-state index contributed by atoms with van der Waals surface area (Å²) in [5.41, 5.74) is 1.32. The van der Waals surface area contributed by atoms with E-state index in [2.05, 4.69) is 29.4 Å². The van der Waals surface area contributed by atoms with Crippen molar-refractivity contribution in [2.45, 2.75) is 19.0 Å². The van der Waals surface area contributed by atoms with E-state index in [4.69, 9.17) is 27.9 Å². The normalized spacial score (nSPS) is 11.0. The van der Waals surface area contributed by atoms with Gasteiger partial charge in [-0.3, -0.25) is 4.79 Å². The second-order valence-electron chi connectivity index (χ2n) is 7.03. The number of ether oxygens (including phenoxy) is 1. The Kier molecular flexibility index (Phi) is 7.64. The van der Waals surface area contributed by atoms with E-state index in [1.807, 2.05) is 35.9 Å². The number of benzene rings is 2. The number of hydrogen-bond acceptors (Lipinski definition) is 5. The maximum atomic E-state index is 12.3. The second-order valence-corrected chi connectivity index (χ2v) is 8.78. The Labute approximate surface area is 189 Å². The van der Waals surface area contributed by atoms with E-state index in [1.54, 1.807) is 18.2 Å². The summed E-state index contributed by atoms with van der Waals surface area (Å²) >= 11 is 13.5. The second kappa shape index (κ2) is 10.2. The average molecular weight is 465 g/mol. The van der Waals surface area contributed by atoms with Gasteiger partial charge in [0.2, 0.25) is 5.91 Å². The summed E-state index contributed by atoms with van der Waals surface area (Å²) in [6.45, 7) is 4.89. The molecule has 1 amide bonds. The van der Waals surface area contributed by atoms with E-state index >= 15 is 0 Å². The van der Waals surface area contributed by atoms with E-state index in [0.717, 1.165) is 11.3 Å². The molecule has 0 unspecified atom stereocenters. The Morgan fingerprint density at radius 2 is 1.80 bits per heavy atom. The van der Waals surface area contributed by atoms with Crippen molar-refractivity contribution in [1.82, 2.24) is 14.8 Å². The van der Waals surface area contributed by atoms with Crippen LogP contribution in [0.1, 0.15) is 13.8 Å². The lowest BCUT2D eigenvalue weighted by atomic mass is 10.2. The van der Waals surface area contributed by atoms with Crippen molar-refractivity contribution in [3.63, 3.8) is 0 Å². The lowest BCUT2D eigenvalue weighted by Gasteiger charge is -2.09. The number of aromatic nitrogens is 3. The van der Waals surface area contributed by atoms with Crippen molar-refractivity contribution in [1.29, 1.82) is 0 Å². The zero-order valence-corrected chi connectivity index (χ0v) is 19.2. The predicted octanol–water partition coefficient (Wildman–Crippen LogP) is 5.55. The number of nitrogens with zero attached hydrogens (tertiary/aromatic N) is 3. The number of amides is 1. The van der Waals surface area contributed by atoms with Gasteiger partial charge in [-0.05, 0) is 42.3 Å². The molecule has 0 aliphatic rings. The Hall–Kier alpha value is -2.22. The Balaban J connectivity index is 1.62. The fourth-order valence-electron chi connectivity index (χ4n) is 2.58. The van der Waals surface area contributed by atoms with E-state index in [-0.39, 0.29) is 11.7 Å². The van der Waals surface area contributed by atoms with E-state index in [0.29, 0.717) is 39.2 Å². The van der Waals surface area contributed by atoms with Gasteiger partial charge in [0.1, 0.15) is 5.75 Å². The first-order chi connectivity index (χ1) is 14.3. The van der Waals surface area contributed by atoms with Crippen molar-refractivity contribution in [3.8, 4) is 17.1 Å². The first-order valence-electron chi connectivity index (χ1n) is 9.34. The van der Waals surface area contributed by atoms with E-state index < -0.39 is 0 Å². The molecule has 9 heteroatoms. The van der Waals surface area contributed by atoms with Crippen LogP contribution in [0.15, 0.2) is 47.6 Å². The molecule has 0 saturated carbocycles. The molecule has 0 atom stereocenters. The van der Waals surface area contributed by atoms with Gasteiger partial charge >= 0.3 is 0 Å². The van der Waals surface area contributed by atoms with Crippen LogP contribution in [0.4, 0.5) is 5.69 Å². The van der Waals surface area contributed by atoms with Crippen LogP contribution >= 0.6 is 35.0 Å². The maximum Gasteiger partial charge on any atom is 0.234 e. The predicted molar refractivity (Wildman–Crippen MR) is 123 cm³/mol. The summed E-state index contributed by atoms with van der Waals surface area (Å²) in [5.74, 6) is 1.91. The van der Waals surface area contributed by atoms with Crippen molar-refractivity contribution in [3.05, 3.63) is 52.5 Å². The van der Waals surface area contributed by atoms with Crippen LogP contribution in [0.2, 0.25) is 10.0 Å². The fraction of sp³-hybridized carbons (Fsp3) is 0.286. The van der Waals surface area contributed by atoms with Crippen LogP contribution in [0.3, 0.4) is 0 Å². The van der Waals surface area contributed by atoms with Crippen LogP contribution in [0.5, 0.6) is 5.75 Å². The summed E-state index contributed by atoms with van der Waals surface area (Å²) in [6, 6.07) is 12.8. The van der Waals surface area contributed by atoms with Crippen molar-refractivity contribution >= 4 is 46.6 Å². The first-order valence-corrected chi connectivity index (χ1v) is 11.1. The highest BCUT2D eigenvalue weighted by Gasteiger charge is 2.15. The third-order valence-corrected chi connectivity index (χ3v) is 5.74. The molecular weight excluding hydrogens is 443 g/mol. The molecule has 1 heterocycles. The topological polar surface area (TPSA) is 69.0 Å². The molecule has 0 spiro atoms. The highest BCUT2D eigenvalue weighted by molar-refractivity contribution is 7.99. The summed E-state index contributed by atoms with van der Waals surface area (Å²) in [4.78, 5) is 12.3. The number of thioether (sulfide) groups is 1. The molecule has 0 radical (unpaired) electrons. The summed E-state index contributed by atoms with van der Waals surface area (Å²) in [5, 5.41) is 12.6. The number of anilines is 1. The minimum absolute atomic E-state index is 0.148.